The Morgan fingerprint density at radius 3 is 2.15 bits per heavy atom. The van der Waals surface area contributed by atoms with Crippen LogP contribution in [0.2, 0.25) is 0 Å². The maximum Gasteiger partial charge on any atom is 0.195 e. The number of carbonyl (C=O) groups is 1. The van der Waals surface area contributed by atoms with E-state index in [0.29, 0.717) is 5.56 Å². The van der Waals surface area contributed by atoms with Crippen LogP contribution in [0.5, 0.6) is 17.2 Å². The van der Waals surface area contributed by atoms with Crippen LogP contribution in [0.3, 0.4) is 0 Å². The van der Waals surface area contributed by atoms with Gasteiger partial charge >= 0.3 is 0 Å². The molecule has 0 fully saturated rings. The average Bonchev–Trinajstić information content (AvgIpc) is 2.40. The average molecular weight is 274 g/mol. The number of aliphatic hydroxyl groups is 1. The number of phenols is 3. The van der Waals surface area contributed by atoms with E-state index in [-0.39, 0.29) is 29.2 Å². The van der Waals surface area contributed by atoms with E-state index >= 15 is 0 Å². The van der Waals surface area contributed by atoms with Crippen LogP contribution in [-0.4, -0.2) is 32.3 Å². The first kappa shape index (κ1) is 13.9. The smallest absolute Gasteiger partial charge is 0.195 e. The van der Waals surface area contributed by atoms with Crippen molar-refractivity contribution in [2.24, 2.45) is 0 Å². The van der Waals surface area contributed by atoms with Crippen molar-refractivity contribution in [3.05, 3.63) is 53.6 Å². The largest absolute Gasteiger partial charge is 0.508 e. The lowest BCUT2D eigenvalue weighted by atomic mass is 9.99. The second kappa shape index (κ2) is 5.63. The van der Waals surface area contributed by atoms with E-state index in [2.05, 4.69) is 0 Å². The molecule has 0 aliphatic heterocycles. The minimum Gasteiger partial charge on any atom is -0.508 e. The van der Waals surface area contributed by atoms with Crippen molar-refractivity contribution >= 4 is 5.78 Å². The number of benzene rings is 2. The van der Waals surface area contributed by atoms with Crippen molar-refractivity contribution in [3.63, 3.8) is 0 Å². The summed E-state index contributed by atoms with van der Waals surface area (Å²) in [5.74, 6) is -1.06. The molecule has 2 rings (SSSR count). The van der Waals surface area contributed by atoms with Crippen molar-refractivity contribution in [1.29, 1.82) is 0 Å². The number of hydrogen-bond acceptors (Lipinski definition) is 5. The molecule has 0 amide bonds. The lowest BCUT2D eigenvalue weighted by Gasteiger charge is -2.11. The van der Waals surface area contributed by atoms with Crippen LogP contribution in [0.4, 0.5) is 0 Å². The highest BCUT2D eigenvalue weighted by atomic mass is 16.3. The summed E-state index contributed by atoms with van der Waals surface area (Å²) in [6.07, 6.45) is -1.24. The molecular weight excluding hydrogens is 260 g/mol. The summed E-state index contributed by atoms with van der Waals surface area (Å²) in [5, 5.41) is 37.8. The van der Waals surface area contributed by atoms with Gasteiger partial charge in [-0.05, 0) is 29.8 Å². The van der Waals surface area contributed by atoms with Crippen LogP contribution in [0.15, 0.2) is 42.5 Å². The maximum atomic E-state index is 12.0. The van der Waals surface area contributed by atoms with Crippen LogP contribution in [0.25, 0.3) is 0 Å². The van der Waals surface area contributed by atoms with E-state index in [1.165, 1.54) is 24.3 Å². The van der Waals surface area contributed by atoms with Crippen LogP contribution in [0.1, 0.15) is 15.9 Å². The van der Waals surface area contributed by atoms with Crippen molar-refractivity contribution in [3.8, 4) is 17.2 Å². The Balaban J connectivity index is 2.14. The summed E-state index contributed by atoms with van der Waals surface area (Å²) < 4.78 is 0. The minimum absolute atomic E-state index is 0.0471. The Morgan fingerprint density at radius 1 is 0.950 bits per heavy atom. The maximum absolute atomic E-state index is 12.0. The Morgan fingerprint density at radius 2 is 1.55 bits per heavy atom. The third kappa shape index (κ3) is 3.07. The van der Waals surface area contributed by atoms with Gasteiger partial charge in [-0.25, -0.2) is 0 Å². The Bertz CT molecular complexity index is 619. The molecule has 5 heteroatoms. The Kier molecular flexibility index (Phi) is 3.91. The predicted molar refractivity (Wildman–Crippen MR) is 71.9 cm³/mol. The Labute approximate surface area is 115 Å². The molecule has 0 radical (unpaired) electrons. The van der Waals surface area contributed by atoms with Crippen molar-refractivity contribution < 1.29 is 25.2 Å². The zero-order valence-electron chi connectivity index (χ0n) is 10.5. The van der Waals surface area contributed by atoms with Gasteiger partial charge in [-0.3, -0.25) is 4.79 Å². The molecule has 20 heavy (non-hydrogen) atoms. The van der Waals surface area contributed by atoms with Gasteiger partial charge in [0.25, 0.3) is 0 Å². The van der Waals surface area contributed by atoms with Crippen LogP contribution < -0.4 is 0 Å². The first-order chi connectivity index (χ1) is 9.47. The summed E-state index contributed by atoms with van der Waals surface area (Å²) in [6, 6.07) is 9.69. The molecular formula is C15H14O5. The lowest BCUT2D eigenvalue weighted by Crippen LogP contribution is -2.23. The summed E-state index contributed by atoms with van der Waals surface area (Å²) in [5.41, 5.74) is 0.635. The van der Waals surface area contributed by atoms with E-state index < -0.39 is 11.9 Å². The molecule has 0 saturated heterocycles. The third-order valence-corrected chi connectivity index (χ3v) is 2.91. The highest BCUT2D eigenvalue weighted by Crippen LogP contribution is 2.24. The highest BCUT2D eigenvalue weighted by molar-refractivity contribution is 6.01. The van der Waals surface area contributed by atoms with Crippen molar-refractivity contribution in [2.45, 2.75) is 12.5 Å². The molecule has 5 nitrogen and oxygen atoms in total. The van der Waals surface area contributed by atoms with E-state index in [4.69, 9.17) is 10.2 Å². The quantitative estimate of drug-likeness (QED) is 0.635. The number of phenolic OH excluding ortho intramolecular Hbond substituents is 3. The molecule has 0 bridgehead atoms. The van der Waals surface area contributed by atoms with Crippen LogP contribution in [0, 0.1) is 0 Å². The van der Waals surface area contributed by atoms with Gasteiger partial charge in [0.2, 0.25) is 0 Å². The summed E-state index contributed by atoms with van der Waals surface area (Å²) in [6.45, 7) is 0. The van der Waals surface area contributed by atoms with E-state index in [9.17, 15) is 15.0 Å². The van der Waals surface area contributed by atoms with E-state index in [1.54, 1.807) is 12.1 Å². The number of ketones is 1. The number of carbonyl (C=O) groups excluding carboxylic acids is 1. The second-order valence-electron chi connectivity index (χ2n) is 4.45. The molecule has 4 N–H and O–H groups in total. The number of aromatic hydroxyl groups is 3. The topological polar surface area (TPSA) is 98.0 Å². The highest BCUT2D eigenvalue weighted by Gasteiger charge is 2.20. The van der Waals surface area contributed by atoms with Gasteiger partial charge in [0.05, 0.1) is 5.56 Å². The predicted octanol–water partition coefficient (Wildman–Crippen LogP) is 1.59. The number of rotatable bonds is 4. The second-order valence-corrected chi connectivity index (χ2v) is 4.45. The fraction of sp³-hybridized carbons (Fsp3) is 0.133. The third-order valence-electron chi connectivity index (χ3n) is 2.91. The van der Waals surface area contributed by atoms with Gasteiger partial charge in [-0.15, -0.1) is 0 Å². The number of hydrogen-bond donors (Lipinski definition) is 4. The molecule has 0 saturated carbocycles. The van der Waals surface area contributed by atoms with Gasteiger partial charge in [0.1, 0.15) is 23.4 Å². The SMILES string of the molecule is O=C(c1ccc(O)cc1O)[C@@H](O)Cc1ccc(O)cc1. The molecule has 2 aromatic carbocycles. The molecule has 1 atom stereocenters. The number of Topliss-reactive ketones (excluding diaryl/α,β-unsaturated/α-hetero) is 1. The zero-order chi connectivity index (χ0) is 14.7. The fourth-order valence-electron chi connectivity index (χ4n) is 1.86. The van der Waals surface area contributed by atoms with Gasteiger partial charge in [-0.2, -0.15) is 0 Å². The molecule has 0 spiro atoms. The standard InChI is InChI=1S/C15H14O5/c16-10-3-1-9(2-4-10)7-14(19)15(20)12-6-5-11(17)8-13(12)18/h1-6,8,14,16-19H,7H2/t14-/m0/s1. The molecule has 0 aliphatic rings. The molecule has 0 heterocycles. The molecule has 104 valence electrons. The van der Waals surface area contributed by atoms with E-state index in [1.807, 2.05) is 0 Å². The van der Waals surface area contributed by atoms with Crippen LogP contribution in [-0.2, 0) is 6.42 Å². The zero-order valence-corrected chi connectivity index (χ0v) is 10.5. The minimum atomic E-state index is -1.31. The number of aliphatic hydroxyl groups excluding tert-OH is 1. The summed E-state index contributed by atoms with van der Waals surface area (Å²) in [4.78, 5) is 12.0. The summed E-state index contributed by atoms with van der Waals surface area (Å²) >= 11 is 0. The van der Waals surface area contributed by atoms with Gasteiger partial charge in [0.15, 0.2) is 5.78 Å². The molecule has 0 unspecified atom stereocenters. The van der Waals surface area contributed by atoms with E-state index in [0.717, 1.165) is 6.07 Å². The molecule has 0 aromatic heterocycles. The van der Waals surface area contributed by atoms with Crippen molar-refractivity contribution in [1.82, 2.24) is 0 Å². The molecule has 2 aromatic rings. The van der Waals surface area contributed by atoms with Crippen LogP contribution >= 0.6 is 0 Å². The van der Waals surface area contributed by atoms with Gasteiger partial charge in [-0.1, -0.05) is 12.1 Å². The summed E-state index contributed by atoms with van der Waals surface area (Å²) in [7, 11) is 0. The monoisotopic (exact) mass is 274 g/mol. The Hall–Kier alpha value is -2.53. The fourth-order valence-corrected chi connectivity index (χ4v) is 1.86. The van der Waals surface area contributed by atoms with Crippen molar-refractivity contribution in [2.75, 3.05) is 0 Å². The normalized spacial score (nSPS) is 12.1. The lowest BCUT2D eigenvalue weighted by molar-refractivity contribution is 0.0745. The van der Waals surface area contributed by atoms with Gasteiger partial charge in [0, 0.05) is 12.5 Å². The van der Waals surface area contributed by atoms with Gasteiger partial charge < -0.3 is 20.4 Å². The molecule has 0 aliphatic carbocycles. The first-order valence-corrected chi connectivity index (χ1v) is 5.99. The first-order valence-electron chi connectivity index (χ1n) is 5.99.